The normalized spacial score (nSPS) is 11.9. The van der Waals surface area contributed by atoms with Gasteiger partial charge in [0.25, 0.3) is 0 Å². The molecule has 0 atom stereocenters. The van der Waals surface area contributed by atoms with Crippen LogP contribution in [0.3, 0.4) is 0 Å². The van der Waals surface area contributed by atoms with Crippen LogP contribution in [0.5, 0.6) is 5.75 Å². The third kappa shape index (κ3) is 1.81. The molecule has 1 aromatic heterocycles. The molecule has 80 valence electrons. The van der Waals surface area contributed by atoms with Crippen molar-refractivity contribution in [3.8, 4) is 5.75 Å². The molecule has 0 spiro atoms. The van der Waals surface area contributed by atoms with E-state index in [0.29, 0.717) is 16.0 Å². The van der Waals surface area contributed by atoms with Crippen LogP contribution in [0, 0.1) is 0 Å². The van der Waals surface area contributed by atoms with Crippen molar-refractivity contribution in [1.29, 1.82) is 0 Å². The van der Waals surface area contributed by atoms with Gasteiger partial charge in [-0.05, 0) is 12.1 Å². The summed E-state index contributed by atoms with van der Waals surface area (Å²) in [6.07, 6.45) is 0. The smallest absolute Gasteiger partial charge is 0.322 e. The van der Waals surface area contributed by atoms with Crippen molar-refractivity contribution in [2.75, 3.05) is 7.11 Å². The lowest BCUT2D eigenvalue weighted by Crippen LogP contribution is -1.96. The van der Waals surface area contributed by atoms with Gasteiger partial charge in [-0.1, -0.05) is 6.07 Å². The van der Waals surface area contributed by atoms with Gasteiger partial charge in [-0.2, -0.15) is 8.42 Å². The molecular weight excluding hydrogens is 238 g/mol. The number of hydrogen-bond donors (Lipinski definition) is 1. The van der Waals surface area contributed by atoms with Crippen LogP contribution in [0.25, 0.3) is 10.2 Å². The SMILES string of the molecule is COc1cccc2sc(S(=O)(=O)O)nc12. The second-order valence-corrected chi connectivity index (χ2v) is 5.39. The zero-order valence-corrected chi connectivity index (χ0v) is 9.30. The number of ether oxygens (including phenoxy) is 1. The first-order valence-corrected chi connectivity index (χ1v) is 6.19. The fourth-order valence-electron chi connectivity index (χ4n) is 1.18. The fraction of sp³-hybridized carbons (Fsp3) is 0.125. The largest absolute Gasteiger partial charge is 0.494 e. The van der Waals surface area contributed by atoms with Crippen molar-refractivity contribution in [3.05, 3.63) is 18.2 Å². The van der Waals surface area contributed by atoms with Gasteiger partial charge in [-0.3, -0.25) is 4.55 Å². The fourth-order valence-corrected chi connectivity index (χ4v) is 2.79. The van der Waals surface area contributed by atoms with Crippen molar-refractivity contribution < 1.29 is 17.7 Å². The number of para-hydroxylation sites is 1. The maximum absolute atomic E-state index is 10.9. The summed E-state index contributed by atoms with van der Waals surface area (Å²) in [7, 11) is -2.76. The Hall–Kier alpha value is -1.18. The van der Waals surface area contributed by atoms with Gasteiger partial charge in [-0.15, -0.1) is 11.3 Å². The quantitative estimate of drug-likeness (QED) is 0.812. The highest BCUT2D eigenvalue weighted by atomic mass is 32.3. The summed E-state index contributed by atoms with van der Waals surface area (Å²) in [5, 5.41) is 0. The zero-order chi connectivity index (χ0) is 11.1. The van der Waals surface area contributed by atoms with E-state index in [0.717, 1.165) is 11.3 Å². The summed E-state index contributed by atoms with van der Waals surface area (Å²) >= 11 is 0.905. The van der Waals surface area contributed by atoms with Crippen LogP contribution in [0.4, 0.5) is 0 Å². The van der Waals surface area contributed by atoms with Crippen LogP contribution in [0.15, 0.2) is 22.5 Å². The maximum atomic E-state index is 10.9. The average Bonchev–Trinajstić information content (AvgIpc) is 2.59. The Kier molecular flexibility index (Phi) is 2.37. The van der Waals surface area contributed by atoms with Crippen molar-refractivity contribution in [2.24, 2.45) is 0 Å². The van der Waals surface area contributed by atoms with Gasteiger partial charge in [0.1, 0.15) is 11.3 Å². The van der Waals surface area contributed by atoms with Gasteiger partial charge in [0.05, 0.1) is 11.8 Å². The van der Waals surface area contributed by atoms with E-state index in [2.05, 4.69) is 4.98 Å². The molecule has 0 amide bonds. The molecule has 1 aromatic carbocycles. The van der Waals surface area contributed by atoms with Crippen LogP contribution in [-0.2, 0) is 10.1 Å². The van der Waals surface area contributed by atoms with Crippen LogP contribution >= 0.6 is 11.3 Å². The number of nitrogens with zero attached hydrogens (tertiary/aromatic N) is 1. The van der Waals surface area contributed by atoms with Gasteiger partial charge >= 0.3 is 10.1 Å². The number of benzene rings is 1. The standard InChI is InChI=1S/C8H7NO4S2/c1-13-5-3-2-4-6-7(5)9-8(14-6)15(10,11)12/h2-4H,1H3,(H,10,11,12). The maximum Gasteiger partial charge on any atom is 0.322 e. The lowest BCUT2D eigenvalue weighted by molar-refractivity contribution is 0.419. The molecular formula is C8H7NO4S2. The van der Waals surface area contributed by atoms with Gasteiger partial charge < -0.3 is 4.74 Å². The third-order valence-electron chi connectivity index (χ3n) is 1.80. The number of thiazole rings is 1. The molecule has 0 aliphatic rings. The van der Waals surface area contributed by atoms with Gasteiger partial charge in [0.2, 0.25) is 4.34 Å². The molecule has 7 heteroatoms. The number of rotatable bonds is 2. The van der Waals surface area contributed by atoms with E-state index in [1.807, 2.05) is 0 Å². The number of fused-ring (bicyclic) bond motifs is 1. The highest BCUT2D eigenvalue weighted by Gasteiger charge is 2.17. The van der Waals surface area contributed by atoms with E-state index in [1.54, 1.807) is 18.2 Å². The molecule has 0 saturated heterocycles. The van der Waals surface area contributed by atoms with E-state index < -0.39 is 10.1 Å². The van der Waals surface area contributed by atoms with Crippen molar-refractivity contribution in [3.63, 3.8) is 0 Å². The van der Waals surface area contributed by atoms with Crippen molar-refractivity contribution in [1.82, 2.24) is 4.98 Å². The Morgan fingerprint density at radius 3 is 2.80 bits per heavy atom. The summed E-state index contributed by atoms with van der Waals surface area (Å²) < 4.78 is 35.9. The molecule has 15 heavy (non-hydrogen) atoms. The van der Waals surface area contributed by atoms with Gasteiger partial charge in [0.15, 0.2) is 0 Å². The highest BCUT2D eigenvalue weighted by molar-refractivity contribution is 7.88. The summed E-state index contributed by atoms with van der Waals surface area (Å²) in [6.45, 7) is 0. The van der Waals surface area contributed by atoms with E-state index in [-0.39, 0.29) is 4.34 Å². The predicted octanol–water partition coefficient (Wildman–Crippen LogP) is 1.55. The number of aromatic nitrogens is 1. The Morgan fingerprint density at radius 1 is 1.47 bits per heavy atom. The van der Waals surface area contributed by atoms with E-state index in [9.17, 15) is 8.42 Å². The van der Waals surface area contributed by atoms with Crippen LogP contribution in [0.1, 0.15) is 0 Å². The monoisotopic (exact) mass is 245 g/mol. The molecule has 0 bridgehead atoms. The minimum absolute atomic E-state index is 0.318. The Labute approximate surface area is 90.1 Å². The lowest BCUT2D eigenvalue weighted by Gasteiger charge is -1.97. The van der Waals surface area contributed by atoms with E-state index >= 15 is 0 Å². The lowest BCUT2D eigenvalue weighted by atomic mass is 10.3. The molecule has 1 N–H and O–H groups in total. The topological polar surface area (TPSA) is 76.5 Å². The molecule has 5 nitrogen and oxygen atoms in total. The van der Waals surface area contributed by atoms with Gasteiger partial charge in [-0.25, -0.2) is 4.98 Å². The van der Waals surface area contributed by atoms with Crippen LogP contribution in [-0.4, -0.2) is 25.1 Å². The first-order valence-electron chi connectivity index (χ1n) is 3.93. The van der Waals surface area contributed by atoms with Crippen molar-refractivity contribution in [2.45, 2.75) is 4.34 Å². The zero-order valence-electron chi connectivity index (χ0n) is 7.67. The molecule has 0 radical (unpaired) electrons. The molecule has 0 saturated carbocycles. The Morgan fingerprint density at radius 2 is 2.20 bits per heavy atom. The molecule has 0 aliphatic heterocycles. The molecule has 0 unspecified atom stereocenters. The number of hydrogen-bond acceptors (Lipinski definition) is 5. The van der Waals surface area contributed by atoms with E-state index in [1.165, 1.54) is 7.11 Å². The van der Waals surface area contributed by atoms with Gasteiger partial charge in [0, 0.05) is 0 Å². The number of methoxy groups -OCH3 is 1. The molecule has 0 aliphatic carbocycles. The summed E-state index contributed by atoms with van der Waals surface area (Å²) in [4.78, 5) is 3.81. The molecule has 0 fully saturated rings. The minimum atomic E-state index is -4.24. The van der Waals surface area contributed by atoms with Crippen molar-refractivity contribution >= 4 is 31.7 Å². The van der Waals surface area contributed by atoms with Crippen LogP contribution in [0.2, 0.25) is 0 Å². The molecule has 2 aromatic rings. The Bertz CT molecular complexity index is 602. The van der Waals surface area contributed by atoms with E-state index in [4.69, 9.17) is 9.29 Å². The third-order valence-corrected chi connectivity index (χ3v) is 4.03. The first-order chi connectivity index (χ1) is 7.02. The molecule has 1 heterocycles. The summed E-state index contributed by atoms with van der Waals surface area (Å²) in [5.74, 6) is 0.485. The first kappa shape index (κ1) is 10.3. The summed E-state index contributed by atoms with van der Waals surface area (Å²) in [6, 6.07) is 5.12. The summed E-state index contributed by atoms with van der Waals surface area (Å²) in [5.41, 5.74) is 0.442. The second kappa shape index (κ2) is 3.44. The second-order valence-electron chi connectivity index (χ2n) is 2.76. The minimum Gasteiger partial charge on any atom is -0.494 e. The average molecular weight is 245 g/mol. The highest BCUT2D eigenvalue weighted by Crippen LogP contribution is 2.31. The Balaban J connectivity index is 2.76. The molecule has 2 rings (SSSR count). The van der Waals surface area contributed by atoms with Crippen LogP contribution < -0.4 is 4.74 Å². The predicted molar refractivity (Wildman–Crippen MR) is 56.0 cm³/mol.